The minimum absolute atomic E-state index is 0.100. The summed E-state index contributed by atoms with van der Waals surface area (Å²) in [7, 11) is -4.93. The van der Waals surface area contributed by atoms with Crippen molar-refractivity contribution < 1.29 is 61.6 Å². The van der Waals surface area contributed by atoms with Crippen molar-refractivity contribution in [1.29, 1.82) is 0 Å². The Bertz CT molecular complexity index is 1790. The van der Waals surface area contributed by atoms with Crippen LogP contribution in [0.5, 0.6) is 0 Å². The van der Waals surface area contributed by atoms with Crippen LogP contribution in [-0.4, -0.2) is 88.4 Å². The summed E-state index contributed by atoms with van der Waals surface area (Å²) in [5.41, 5.74) is -1.23. The number of carboxylic acids is 1. The van der Waals surface area contributed by atoms with Gasteiger partial charge in [-0.15, -0.1) is 0 Å². The number of aliphatic hydroxyl groups is 3. The number of nitrogens with one attached hydrogen (secondary N) is 2. The van der Waals surface area contributed by atoms with Gasteiger partial charge in [0.2, 0.25) is 10.0 Å². The molecule has 1 amide bonds. The van der Waals surface area contributed by atoms with Gasteiger partial charge in [-0.25, -0.2) is 26.7 Å². The summed E-state index contributed by atoms with van der Waals surface area (Å²) in [5, 5.41) is 57.4. The SMILES string of the molecule is O=C(NC[C@@H](O)[C@H](O)[C@H]1O[C@@](OCc2cccc(F)c2F)(C(=O)O)C[C@@H](O)[C@@H]1NS(=O)(=O)c1ccccc1[N+](=O)[O-])c1ccc(Cl)cc1. The zero-order chi connectivity index (χ0) is 35.4. The summed E-state index contributed by atoms with van der Waals surface area (Å²) in [5.74, 6) is -8.30. The minimum Gasteiger partial charge on any atom is -0.477 e. The molecule has 1 saturated heterocycles. The maximum absolute atomic E-state index is 14.3. The molecule has 0 radical (unpaired) electrons. The number of benzene rings is 3. The normalized spacial score (nSPS) is 22.4. The van der Waals surface area contributed by atoms with Crippen LogP contribution >= 0.6 is 11.6 Å². The first-order valence-corrected chi connectivity index (χ1v) is 15.7. The van der Waals surface area contributed by atoms with Crippen LogP contribution in [0, 0.1) is 21.7 Å². The molecule has 15 nitrogen and oxygen atoms in total. The average molecular weight is 716 g/mol. The highest BCUT2D eigenvalue weighted by atomic mass is 35.5. The Morgan fingerprint density at radius 3 is 2.42 bits per heavy atom. The molecule has 1 fully saturated rings. The quantitative estimate of drug-likeness (QED) is 0.109. The van der Waals surface area contributed by atoms with Crippen LogP contribution in [0.25, 0.3) is 0 Å². The second kappa shape index (κ2) is 15.0. The molecule has 3 aromatic rings. The molecule has 0 aromatic heterocycles. The maximum atomic E-state index is 14.3. The number of hydrogen-bond acceptors (Lipinski definition) is 11. The number of sulfonamides is 1. The monoisotopic (exact) mass is 715 g/mol. The number of rotatable bonds is 13. The molecule has 6 atom stereocenters. The first-order valence-electron chi connectivity index (χ1n) is 13.9. The van der Waals surface area contributed by atoms with E-state index in [2.05, 4.69) is 5.32 Å². The van der Waals surface area contributed by atoms with Crippen LogP contribution in [0.1, 0.15) is 22.3 Å². The van der Waals surface area contributed by atoms with Gasteiger partial charge in [0.05, 0.1) is 29.8 Å². The Morgan fingerprint density at radius 2 is 1.77 bits per heavy atom. The molecule has 3 aromatic carbocycles. The molecule has 48 heavy (non-hydrogen) atoms. The van der Waals surface area contributed by atoms with Gasteiger partial charge in [-0.1, -0.05) is 35.9 Å². The van der Waals surface area contributed by atoms with Crippen LogP contribution < -0.4 is 10.0 Å². The first kappa shape index (κ1) is 36.7. The van der Waals surface area contributed by atoms with Crippen LogP contribution in [0.3, 0.4) is 0 Å². The summed E-state index contributed by atoms with van der Waals surface area (Å²) in [6.45, 7) is -1.67. The van der Waals surface area contributed by atoms with E-state index in [0.717, 1.165) is 30.3 Å². The highest BCUT2D eigenvalue weighted by molar-refractivity contribution is 7.89. The Labute approximate surface area is 275 Å². The van der Waals surface area contributed by atoms with Gasteiger partial charge in [-0.2, -0.15) is 0 Å². The molecule has 0 spiro atoms. The van der Waals surface area contributed by atoms with Gasteiger partial charge >= 0.3 is 5.97 Å². The van der Waals surface area contributed by atoms with Crippen LogP contribution in [0.2, 0.25) is 5.02 Å². The number of ether oxygens (including phenoxy) is 2. The Morgan fingerprint density at radius 1 is 1.10 bits per heavy atom. The Balaban J connectivity index is 1.66. The molecule has 0 bridgehead atoms. The number of halogens is 3. The number of carbonyl (C=O) groups is 2. The van der Waals surface area contributed by atoms with Crippen molar-refractivity contribution >= 4 is 39.2 Å². The highest BCUT2D eigenvalue weighted by Gasteiger charge is 2.56. The molecule has 1 aliphatic heterocycles. The van der Waals surface area contributed by atoms with Crippen molar-refractivity contribution in [2.45, 2.75) is 54.2 Å². The zero-order valence-electron chi connectivity index (χ0n) is 24.4. The second-order valence-electron chi connectivity index (χ2n) is 10.6. The van der Waals surface area contributed by atoms with Crippen molar-refractivity contribution in [3.05, 3.63) is 105 Å². The number of aliphatic carboxylic acids is 1. The summed E-state index contributed by atoms with van der Waals surface area (Å²) in [6, 6.07) is 10.6. The molecule has 1 heterocycles. The Hall–Kier alpha value is -4.14. The van der Waals surface area contributed by atoms with Crippen molar-refractivity contribution in [3.63, 3.8) is 0 Å². The number of nitrogens with zero attached hydrogens (tertiary/aromatic N) is 1. The molecule has 0 aliphatic carbocycles. The molecule has 6 N–H and O–H groups in total. The van der Waals surface area contributed by atoms with Crippen LogP contribution in [-0.2, 0) is 30.9 Å². The minimum atomic E-state index is -4.93. The zero-order valence-corrected chi connectivity index (χ0v) is 26.0. The summed E-state index contributed by atoms with van der Waals surface area (Å²) < 4.78 is 67.7. The van der Waals surface area contributed by atoms with E-state index in [0.29, 0.717) is 5.02 Å². The highest BCUT2D eigenvalue weighted by Crippen LogP contribution is 2.36. The standard InChI is InChI=1S/C29H28ClF2N3O12S/c30-17-10-8-15(9-11-17)27(39)33-13-21(37)25(38)26-24(34-48(44,45)22-7-2-1-6-19(22)35(42)43)20(36)12-29(47-26,28(40)41)46-14-16-4-3-5-18(31)23(16)32/h1-11,20-21,24-26,34,36-38H,12-14H2,(H,33,39)(H,40,41)/t20-,21-,24+,25+,26+,29-/m1/s1. The smallest absolute Gasteiger partial charge is 0.364 e. The molecule has 258 valence electrons. The molecule has 4 rings (SSSR count). The summed E-state index contributed by atoms with van der Waals surface area (Å²) in [4.78, 5) is 34.7. The van der Waals surface area contributed by atoms with E-state index in [4.69, 9.17) is 21.1 Å². The van der Waals surface area contributed by atoms with E-state index in [-0.39, 0.29) is 5.56 Å². The maximum Gasteiger partial charge on any atom is 0.364 e. The van der Waals surface area contributed by atoms with Crippen LogP contribution in [0.15, 0.2) is 71.6 Å². The van der Waals surface area contributed by atoms with Crippen molar-refractivity contribution in [1.82, 2.24) is 10.0 Å². The predicted octanol–water partition coefficient (Wildman–Crippen LogP) is 1.47. The number of nitro benzene ring substituents is 1. The van der Waals surface area contributed by atoms with Gasteiger partial charge in [-0.3, -0.25) is 14.9 Å². The largest absolute Gasteiger partial charge is 0.477 e. The third-order valence-electron chi connectivity index (χ3n) is 7.34. The number of carbonyl (C=O) groups excluding carboxylic acids is 1. The van der Waals surface area contributed by atoms with Gasteiger partial charge in [0.25, 0.3) is 17.4 Å². The third-order valence-corrected chi connectivity index (χ3v) is 9.10. The lowest BCUT2D eigenvalue weighted by Crippen LogP contribution is -2.68. The lowest BCUT2D eigenvalue weighted by molar-refractivity contribution is -0.387. The van der Waals surface area contributed by atoms with Gasteiger partial charge in [0.1, 0.15) is 12.2 Å². The molecular formula is C29H28ClF2N3O12S. The van der Waals surface area contributed by atoms with Gasteiger partial charge in [-0.05, 0) is 36.4 Å². The van der Waals surface area contributed by atoms with Crippen molar-refractivity contribution in [3.8, 4) is 0 Å². The fraction of sp³-hybridized carbons (Fsp3) is 0.310. The molecular weight excluding hydrogens is 688 g/mol. The van der Waals surface area contributed by atoms with Gasteiger partial charge in [0.15, 0.2) is 16.5 Å². The topological polar surface area (TPSA) is 235 Å². The Kier molecular flexibility index (Phi) is 11.4. The summed E-state index contributed by atoms with van der Waals surface area (Å²) in [6.07, 6.45) is -9.71. The van der Waals surface area contributed by atoms with Crippen molar-refractivity contribution in [2.75, 3.05) is 6.54 Å². The molecule has 0 unspecified atom stereocenters. The average Bonchev–Trinajstić information content (AvgIpc) is 3.05. The second-order valence-corrected chi connectivity index (χ2v) is 12.7. The van der Waals surface area contributed by atoms with Crippen molar-refractivity contribution in [2.24, 2.45) is 0 Å². The van der Waals surface area contributed by atoms with E-state index in [1.54, 1.807) is 0 Å². The predicted molar refractivity (Wildman–Crippen MR) is 160 cm³/mol. The number of hydrogen-bond donors (Lipinski definition) is 6. The number of carboxylic acid groups (broad SMARTS) is 1. The van der Waals surface area contributed by atoms with Gasteiger partial charge < -0.3 is 35.2 Å². The lowest BCUT2D eigenvalue weighted by atomic mass is 9.89. The third kappa shape index (κ3) is 8.10. The van der Waals surface area contributed by atoms with E-state index in [1.165, 1.54) is 36.4 Å². The molecule has 0 saturated carbocycles. The number of aliphatic hydroxyl groups excluding tert-OH is 3. The fourth-order valence-corrected chi connectivity index (χ4v) is 6.43. The van der Waals surface area contributed by atoms with E-state index < -0.39 is 110 Å². The molecule has 19 heteroatoms. The van der Waals surface area contributed by atoms with E-state index in [9.17, 15) is 57.3 Å². The number of nitro groups is 1. The van der Waals surface area contributed by atoms with E-state index >= 15 is 0 Å². The number of para-hydroxylation sites is 1. The lowest BCUT2D eigenvalue weighted by Gasteiger charge is -2.46. The fourth-order valence-electron chi connectivity index (χ4n) is 4.86. The number of amides is 1. The first-order chi connectivity index (χ1) is 22.6. The summed E-state index contributed by atoms with van der Waals surface area (Å²) >= 11 is 5.81. The van der Waals surface area contributed by atoms with E-state index in [1.807, 2.05) is 4.72 Å². The van der Waals surface area contributed by atoms with Crippen LogP contribution in [0.4, 0.5) is 14.5 Å². The molecule has 1 aliphatic rings. The van der Waals surface area contributed by atoms with Gasteiger partial charge in [0, 0.05) is 35.2 Å².